The van der Waals surface area contributed by atoms with Gasteiger partial charge in [0.25, 0.3) is 0 Å². The van der Waals surface area contributed by atoms with Crippen molar-refractivity contribution in [3.05, 3.63) is 85.6 Å². The lowest BCUT2D eigenvalue weighted by atomic mass is 9.96. The van der Waals surface area contributed by atoms with Crippen molar-refractivity contribution in [2.24, 2.45) is 0 Å². The molecule has 122 valence electrons. The quantitative estimate of drug-likeness (QED) is 0.431. The minimum absolute atomic E-state index is 0.855. The third-order valence-electron chi connectivity index (χ3n) is 4.54. The van der Waals surface area contributed by atoms with Crippen molar-refractivity contribution < 1.29 is 0 Å². The van der Waals surface area contributed by atoms with Crippen LogP contribution >= 0.6 is 0 Å². The van der Waals surface area contributed by atoms with Crippen molar-refractivity contribution in [1.29, 1.82) is 0 Å². The number of rotatable bonds is 2. The van der Waals surface area contributed by atoms with Gasteiger partial charge in [-0.15, -0.1) is 0 Å². The fourth-order valence-corrected chi connectivity index (χ4v) is 3.38. The maximum atomic E-state index is 4.62. The summed E-state index contributed by atoms with van der Waals surface area (Å²) in [4.78, 5) is 17.7. The number of hydrogen-bond donors (Lipinski definition) is 0. The first-order valence-electron chi connectivity index (χ1n) is 8.40. The van der Waals surface area contributed by atoms with E-state index in [-0.39, 0.29) is 0 Å². The minimum Gasteiger partial charge on any atom is -0.245 e. The summed E-state index contributed by atoms with van der Waals surface area (Å²) in [5.41, 5.74) is 4.75. The first-order valence-corrected chi connectivity index (χ1v) is 8.40. The van der Waals surface area contributed by atoms with Gasteiger partial charge in [-0.05, 0) is 22.9 Å². The Hall–Kier alpha value is -3.66. The second-order valence-corrected chi connectivity index (χ2v) is 6.05. The molecular formula is C22H14N4. The van der Waals surface area contributed by atoms with Crippen molar-refractivity contribution in [3.63, 3.8) is 0 Å². The molecule has 2 aromatic heterocycles. The smallest absolute Gasteiger partial charge is 0.116 e. The minimum atomic E-state index is 0.855. The van der Waals surface area contributed by atoms with Gasteiger partial charge in [-0.25, -0.2) is 19.9 Å². The van der Waals surface area contributed by atoms with Crippen LogP contribution in [0, 0.1) is 0 Å². The van der Waals surface area contributed by atoms with E-state index in [9.17, 15) is 0 Å². The first-order chi connectivity index (χ1) is 12.9. The summed E-state index contributed by atoms with van der Waals surface area (Å²) in [5, 5.41) is 3.32. The summed E-state index contributed by atoms with van der Waals surface area (Å²) in [5.74, 6) is 0. The highest BCUT2D eigenvalue weighted by Crippen LogP contribution is 2.37. The van der Waals surface area contributed by atoms with Gasteiger partial charge in [-0.1, -0.05) is 54.6 Å². The molecule has 0 saturated carbocycles. The highest BCUT2D eigenvalue weighted by Gasteiger charge is 2.15. The molecule has 0 aliphatic heterocycles. The Morgan fingerprint density at radius 3 is 2.38 bits per heavy atom. The molecule has 0 bridgehead atoms. The van der Waals surface area contributed by atoms with Gasteiger partial charge in [0.05, 0.1) is 16.9 Å². The molecule has 0 unspecified atom stereocenters. The number of aromatic nitrogens is 4. The Labute approximate surface area is 150 Å². The Kier molecular flexibility index (Phi) is 3.39. The van der Waals surface area contributed by atoms with Crippen LogP contribution in [0.2, 0.25) is 0 Å². The molecule has 0 amide bonds. The van der Waals surface area contributed by atoms with Crippen molar-refractivity contribution in [1.82, 2.24) is 19.9 Å². The Balaban J connectivity index is 1.97. The van der Waals surface area contributed by atoms with E-state index >= 15 is 0 Å². The van der Waals surface area contributed by atoms with Gasteiger partial charge in [0.15, 0.2) is 0 Å². The summed E-state index contributed by atoms with van der Waals surface area (Å²) >= 11 is 0. The molecule has 0 fully saturated rings. The van der Waals surface area contributed by atoms with Crippen molar-refractivity contribution >= 4 is 21.7 Å². The van der Waals surface area contributed by atoms with Crippen LogP contribution in [-0.4, -0.2) is 19.9 Å². The van der Waals surface area contributed by atoms with E-state index in [1.54, 1.807) is 18.9 Å². The van der Waals surface area contributed by atoms with Crippen LogP contribution in [0.25, 0.3) is 44.2 Å². The summed E-state index contributed by atoms with van der Waals surface area (Å²) in [6, 6.07) is 22.6. The van der Waals surface area contributed by atoms with Crippen LogP contribution in [-0.2, 0) is 0 Å². The number of benzene rings is 3. The van der Waals surface area contributed by atoms with Crippen molar-refractivity contribution in [2.75, 3.05) is 0 Å². The zero-order chi connectivity index (χ0) is 17.3. The average molecular weight is 334 g/mol. The van der Waals surface area contributed by atoms with Crippen LogP contribution in [0.4, 0.5) is 0 Å². The highest BCUT2D eigenvalue weighted by molar-refractivity contribution is 6.16. The van der Waals surface area contributed by atoms with Gasteiger partial charge in [0.2, 0.25) is 0 Å². The summed E-state index contributed by atoms with van der Waals surface area (Å²) < 4.78 is 0. The maximum absolute atomic E-state index is 4.62. The largest absolute Gasteiger partial charge is 0.245 e. The molecule has 5 rings (SSSR count). The lowest BCUT2D eigenvalue weighted by molar-refractivity contribution is 1.17. The van der Waals surface area contributed by atoms with Crippen LogP contribution in [0.3, 0.4) is 0 Å². The molecule has 0 N–H and O–H groups in total. The predicted molar refractivity (Wildman–Crippen MR) is 104 cm³/mol. The summed E-state index contributed by atoms with van der Waals surface area (Å²) in [7, 11) is 0. The summed E-state index contributed by atoms with van der Waals surface area (Å²) in [6.07, 6.45) is 4.95. The van der Waals surface area contributed by atoms with Gasteiger partial charge in [0.1, 0.15) is 12.7 Å². The third kappa shape index (κ3) is 2.31. The van der Waals surface area contributed by atoms with Crippen LogP contribution in [0.1, 0.15) is 0 Å². The van der Waals surface area contributed by atoms with Gasteiger partial charge in [0, 0.05) is 22.7 Å². The second-order valence-electron chi connectivity index (χ2n) is 6.05. The predicted octanol–water partition coefficient (Wildman–Crippen LogP) is 4.91. The van der Waals surface area contributed by atoms with Crippen molar-refractivity contribution in [2.45, 2.75) is 0 Å². The van der Waals surface area contributed by atoms with Crippen LogP contribution in [0.5, 0.6) is 0 Å². The molecule has 5 aromatic rings. The van der Waals surface area contributed by atoms with E-state index in [1.165, 1.54) is 0 Å². The molecule has 0 saturated heterocycles. The molecule has 26 heavy (non-hydrogen) atoms. The molecule has 2 heterocycles. The number of hydrogen-bond acceptors (Lipinski definition) is 4. The molecule has 4 heteroatoms. The van der Waals surface area contributed by atoms with E-state index in [4.69, 9.17) is 0 Å². The zero-order valence-electron chi connectivity index (χ0n) is 13.9. The third-order valence-corrected chi connectivity index (χ3v) is 4.54. The molecule has 0 radical (unpaired) electrons. The molecule has 0 aliphatic carbocycles. The fourth-order valence-electron chi connectivity index (χ4n) is 3.38. The topological polar surface area (TPSA) is 51.6 Å². The normalized spacial score (nSPS) is 11.1. The van der Waals surface area contributed by atoms with Gasteiger partial charge in [-0.3, -0.25) is 0 Å². The Morgan fingerprint density at radius 2 is 1.54 bits per heavy atom. The lowest BCUT2D eigenvalue weighted by Crippen LogP contribution is -1.94. The van der Waals surface area contributed by atoms with Crippen LogP contribution in [0.15, 0.2) is 85.6 Å². The number of nitrogens with zero attached hydrogens (tertiary/aromatic N) is 4. The first kappa shape index (κ1) is 14.7. The van der Waals surface area contributed by atoms with E-state index in [0.717, 1.165) is 44.2 Å². The monoisotopic (exact) mass is 334 g/mol. The van der Waals surface area contributed by atoms with E-state index in [2.05, 4.69) is 50.3 Å². The molecule has 4 nitrogen and oxygen atoms in total. The Bertz CT molecular complexity index is 1180. The van der Waals surface area contributed by atoms with E-state index in [1.807, 2.05) is 36.4 Å². The SMILES string of the molecule is c1ccc(-c2ncnc3c(-c4ccncn4)cc4ccccc4c23)cc1. The van der Waals surface area contributed by atoms with E-state index in [0.29, 0.717) is 0 Å². The molecular weight excluding hydrogens is 320 g/mol. The van der Waals surface area contributed by atoms with E-state index < -0.39 is 0 Å². The lowest BCUT2D eigenvalue weighted by Gasteiger charge is -2.12. The molecule has 0 spiro atoms. The summed E-state index contributed by atoms with van der Waals surface area (Å²) in [6.45, 7) is 0. The van der Waals surface area contributed by atoms with Crippen LogP contribution < -0.4 is 0 Å². The van der Waals surface area contributed by atoms with Gasteiger partial charge < -0.3 is 0 Å². The second kappa shape index (κ2) is 6.01. The van der Waals surface area contributed by atoms with Crippen molar-refractivity contribution in [3.8, 4) is 22.5 Å². The Morgan fingerprint density at radius 1 is 0.692 bits per heavy atom. The number of fused-ring (bicyclic) bond motifs is 3. The zero-order valence-corrected chi connectivity index (χ0v) is 13.9. The average Bonchev–Trinajstić information content (AvgIpc) is 2.74. The maximum Gasteiger partial charge on any atom is 0.116 e. The van der Waals surface area contributed by atoms with Gasteiger partial charge in [-0.2, -0.15) is 0 Å². The highest BCUT2D eigenvalue weighted by atomic mass is 14.9. The molecule has 3 aromatic carbocycles. The fraction of sp³-hybridized carbons (Fsp3) is 0. The molecule has 0 atom stereocenters. The van der Waals surface area contributed by atoms with Gasteiger partial charge >= 0.3 is 0 Å². The molecule has 0 aliphatic rings. The standard InChI is InChI=1S/C22H14N4/c1-2-6-15(7-3-1)21-20-17-9-5-4-8-16(17)12-18(22(20)26-14-25-21)19-10-11-23-13-24-19/h1-14H.